The second kappa shape index (κ2) is 5.32. The largest absolute Gasteiger partial charge is 0.452 e. The van der Waals surface area contributed by atoms with Crippen LogP contribution in [0.5, 0.6) is 0 Å². The van der Waals surface area contributed by atoms with Crippen molar-refractivity contribution in [2.75, 3.05) is 18.9 Å². The number of benzene rings is 1. The van der Waals surface area contributed by atoms with Gasteiger partial charge in [-0.1, -0.05) is 6.07 Å². The van der Waals surface area contributed by atoms with Gasteiger partial charge in [0.1, 0.15) is 5.76 Å². The van der Waals surface area contributed by atoms with Gasteiger partial charge in [-0.25, -0.2) is 0 Å². The minimum atomic E-state index is -0.00553. The highest BCUT2D eigenvalue weighted by Gasteiger charge is 2.17. The van der Waals surface area contributed by atoms with E-state index in [2.05, 4.69) is 21.2 Å². The smallest absolute Gasteiger partial charge is 0.254 e. The first-order valence-electron chi connectivity index (χ1n) is 6.50. The number of hydrogen-bond acceptors (Lipinski definition) is 3. The first kappa shape index (κ1) is 13.2. The Bertz CT molecular complexity index is 651. The zero-order valence-corrected chi connectivity index (χ0v) is 12.7. The van der Waals surface area contributed by atoms with Gasteiger partial charge >= 0.3 is 0 Å². The Hall–Kier alpha value is -1.75. The lowest BCUT2D eigenvalue weighted by Gasteiger charge is -2.16. The fourth-order valence-corrected chi connectivity index (χ4v) is 2.73. The minimum absolute atomic E-state index is 0.00553. The van der Waals surface area contributed by atoms with Crippen LogP contribution < -0.4 is 5.32 Å². The van der Waals surface area contributed by atoms with E-state index in [0.29, 0.717) is 16.8 Å². The van der Waals surface area contributed by atoms with Crippen molar-refractivity contribution in [1.82, 2.24) is 4.90 Å². The van der Waals surface area contributed by atoms with E-state index in [1.54, 1.807) is 11.9 Å². The summed E-state index contributed by atoms with van der Waals surface area (Å²) in [5.41, 5.74) is 3.05. The molecule has 0 aliphatic carbocycles. The third-order valence-corrected chi connectivity index (χ3v) is 3.86. The molecule has 0 bridgehead atoms. The van der Waals surface area contributed by atoms with Crippen molar-refractivity contribution in [2.24, 2.45) is 0 Å². The molecule has 0 unspecified atom stereocenters. The number of carbonyl (C=O) groups excluding carboxylic acids is 1. The lowest BCUT2D eigenvalue weighted by atomic mass is 10.1. The second-order valence-electron chi connectivity index (χ2n) is 4.92. The molecule has 2 heterocycles. The Labute approximate surface area is 125 Å². The summed E-state index contributed by atoms with van der Waals surface area (Å²) < 4.78 is 6.10. The quantitative estimate of drug-likeness (QED) is 0.936. The SMILES string of the molecule is CN(Cc1ccc(Br)o1)C(=O)c1ccc2c(c1)NCC2. The average Bonchev–Trinajstić information content (AvgIpc) is 3.05. The standard InChI is InChI=1S/C15H15BrN2O2/c1-18(9-12-4-5-14(16)20-12)15(19)11-3-2-10-6-7-17-13(10)8-11/h2-5,8,17H,6-7,9H2,1H3. The van der Waals surface area contributed by atoms with Crippen LogP contribution in [0.4, 0.5) is 5.69 Å². The number of nitrogens with one attached hydrogen (secondary N) is 1. The molecule has 1 N–H and O–H groups in total. The van der Waals surface area contributed by atoms with Gasteiger partial charge in [-0.05, 0) is 52.2 Å². The molecule has 0 radical (unpaired) electrons. The van der Waals surface area contributed by atoms with Gasteiger partial charge in [0.2, 0.25) is 0 Å². The molecule has 104 valence electrons. The number of halogens is 1. The summed E-state index contributed by atoms with van der Waals surface area (Å²) >= 11 is 3.26. The molecule has 1 amide bonds. The zero-order chi connectivity index (χ0) is 14.1. The Morgan fingerprint density at radius 1 is 1.40 bits per heavy atom. The predicted molar refractivity (Wildman–Crippen MR) is 80.8 cm³/mol. The van der Waals surface area contributed by atoms with E-state index in [1.165, 1.54) is 5.56 Å². The van der Waals surface area contributed by atoms with Gasteiger partial charge in [-0.3, -0.25) is 4.79 Å². The van der Waals surface area contributed by atoms with Crippen LogP contribution in [-0.2, 0) is 13.0 Å². The normalized spacial score (nSPS) is 12.9. The van der Waals surface area contributed by atoms with Crippen molar-refractivity contribution < 1.29 is 9.21 Å². The highest BCUT2D eigenvalue weighted by atomic mass is 79.9. The van der Waals surface area contributed by atoms with Gasteiger partial charge in [-0.2, -0.15) is 0 Å². The third-order valence-electron chi connectivity index (χ3n) is 3.44. The van der Waals surface area contributed by atoms with E-state index in [4.69, 9.17) is 4.42 Å². The number of hydrogen-bond donors (Lipinski definition) is 1. The molecule has 1 aliphatic rings. The molecular weight excluding hydrogens is 320 g/mol. The van der Waals surface area contributed by atoms with Crippen LogP contribution in [0.15, 0.2) is 39.4 Å². The number of nitrogens with zero attached hydrogens (tertiary/aromatic N) is 1. The predicted octanol–water partition coefficient (Wildman–Crippen LogP) is 3.28. The minimum Gasteiger partial charge on any atom is -0.452 e. The van der Waals surface area contributed by atoms with E-state index in [0.717, 1.165) is 24.4 Å². The summed E-state index contributed by atoms with van der Waals surface area (Å²) in [6, 6.07) is 9.53. The first-order chi connectivity index (χ1) is 9.63. The molecule has 0 fully saturated rings. The summed E-state index contributed by atoms with van der Waals surface area (Å²) in [6.07, 6.45) is 1.03. The fourth-order valence-electron chi connectivity index (χ4n) is 2.39. The van der Waals surface area contributed by atoms with Crippen LogP contribution >= 0.6 is 15.9 Å². The zero-order valence-electron chi connectivity index (χ0n) is 11.1. The van der Waals surface area contributed by atoms with Crippen molar-refractivity contribution in [2.45, 2.75) is 13.0 Å². The molecule has 3 rings (SSSR count). The molecule has 2 aromatic rings. The molecule has 0 saturated heterocycles. The summed E-state index contributed by atoms with van der Waals surface area (Å²) in [5, 5.41) is 3.29. The number of anilines is 1. The summed E-state index contributed by atoms with van der Waals surface area (Å²) in [7, 11) is 1.78. The van der Waals surface area contributed by atoms with Crippen molar-refractivity contribution in [3.8, 4) is 0 Å². The van der Waals surface area contributed by atoms with Gasteiger partial charge in [-0.15, -0.1) is 0 Å². The van der Waals surface area contributed by atoms with E-state index < -0.39 is 0 Å². The van der Waals surface area contributed by atoms with Gasteiger partial charge < -0.3 is 14.6 Å². The molecule has 4 nitrogen and oxygen atoms in total. The lowest BCUT2D eigenvalue weighted by Crippen LogP contribution is -2.26. The van der Waals surface area contributed by atoms with Crippen molar-refractivity contribution in [1.29, 1.82) is 0 Å². The molecule has 0 atom stereocenters. The maximum Gasteiger partial charge on any atom is 0.254 e. The van der Waals surface area contributed by atoms with Gasteiger partial charge in [0.25, 0.3) is 5.91 Å². The number of furan rings is 1. The number of carbonyl (C=O) groups is 1. The van der Waals surface area contributed by atoms with Crippen molar-refractivity contribution in [3.05, 3.63) is 51.9 Å². The number of fused-ring (bicyclic) bond motifs is 1. The van der Waals surface area contributed by atoms with Crippen LogP contribution in [0.25, 0.3) is 0 Å². The van der Waals surface area contributed by atoms with Crippen molar-refractivity contribution in [3.63, 3.8) is 0 Å². The Morgan fingerprint density at radius 2 is 2.25 bits per heavy atom. The Kier molecular flexibility index (Phi) is 3.53. The molecule has 0 saturated carbocycles. The maximum atomic E-state index is 12.4. The monoisotopic (exact) mass is 334 g/mol. The summed E-state index contributed by atoms with van der Waals surface area (Å²) in [5.74, 6) is 0.751. The van der Waals surface area contributed by atoms with Crippen LogP contribution in [0, 0.1) is 0 Å². The topological polar surface area (TPSA) is 45.5 Å². The molecule has 0 spiro atoms. The summed E-state index contributed by atoms with van der Waals surface area (Å²) in [4.78, 5) is 14.1. The van der Waals surface area contributed by atoms with Gasteiger partial charge in [0, 0.05) is 24.8 Å². The average molecular weight is 335 g/mol. The fraction of sp³-hybridized carbons (Fsp3) is 0.267. The number of amides is 1. The van der Waals surface area contributed by atoms with Crippen molar-refractivity contribution >= 4 is 27.5 Å². The molecule has 5 heteroatoms. The van der Waals surface area contributed by atoms with E-state index in [9.17, 15) is 4.79 Å². The maximum absolute atomic E-state index is 12.4. The lowest BCUT2D eigenvalue weighted by molar-refractivity contribution is 0.0775. The van der Waals surface area contributed by atoms with E-state index in [-0.39, 0.29) is 5.91 Å². The highest BCUT2D eigenvalue weighted by Crippen LogP contribution is 2.24. The molecule has 1 aromatic carbocycles. The molecule has 20 heavy (non-hydrogen) atoms. The second-order valence-corrected chi connectivity index (χ2v) is 5.70. The Morgan fingerprint density at radius 3 is 3.00 bits per heavy atom. The molecule has 1 aromatic heterocycles. The molecule has 1 aliphatic heterocycles. The van der Waals surface area contributed by atoms with Crippen LogP contribution in [0.3, 0.4) is 0 Å². The van der Waals surface area contributed by atoms with Crippen LogP contribution in [-0.4, -0.2) is 24.4 Å². The number of rotatable bonds is 3. The van der Waals surface area contributed by atoms with Crippen LogP contribution in [0.1, 0.15) is 21.7 Å². The highest BCUT2D eigenvalue weighted by molar-refractivity contribution is 9.10. The Balaban J connectivity index is 1.74. The van der Waals surface area contributed by atoms with Crippen LogP contribution in [0.2, 0.25) is 0 Å². The third kappa shape index (κ3) is 2.58. The van der Waals surface area contributed by atoms with Gasteiger partial charge in [0.05, 0.1) is 6.54 Å². The van der Waals surface area contributed by atoms with Gasteiger partial charge in [0.15, 0.2) is 4.67 Å². The first-order valence-corrected chi connectivity index (χ1v) is 7.29. The van der Waals surface area contributed by atoms with E-state index in [1.807, 2.05) is 30.3 Å². The van der Waals surface area contributed by atoms with E-state index >= 15 is 0 Å². The molecular formula is C15H15BrN2O2. The summed E-state index contributed by atoms with van der Waals surface area (Å²) in [6.45, 7) is 1.40.